The van der Waals surface area contributed by atoms with Crippen molar-refractivity contribution in [2.75, 3.05) is 6.54 Å². The number of carbonyl (C=O) groups excluding carboxylic acids is 1. The quantitative estimate of drug-likeness (QED) is 0.848. The molecule has 136 valence electrons. The number of hydrogen-bond acceptors (Lipinski definition) is 4. The van der Waals surface area contributed by atoms with Gasteiger partial charge in [0.05, 0.1) is 5.56 Å². The van der Waals surface area contributed by atoms with Crippen molar-refractivity contribution in [2.24, 2.45) is 5.73 Å². The van der Waals surface area contributed by atoms with Gasteiger partial charge in [-0.25, -0.2) is 9.97 Å². The average Bonchev–Trinajstić information content (AvgIpc) is 2.61. The van der Waals surface area contributed by atoms with Crippen molar-refractivity contribution in [3.05, 3.63) is 48.3 Å². The summed E-state index contributed by atoms with van der Waals surface area (Å²) in [5.74, 6) is 0.449. The first kappa shape index (κ1) is 21.4. The second-order valence-corrected chi connectivity index (χ2v) is 6.27. The van der Waals surface area contributed by atoms with Gasteiger partial charge in [-0.2, -0.15) is 0 Å². The smallest absolute Gasteiger partial charge is 0.254 e. The van der Waals surface area contributed by atoms with Crippen LogP contribution < -0.4 is 11.1 Å². The standard InChI is InChI=1S/C18H22N4O.2ClH/c19-18(9-5-2-6-10-18)13-22-17(23)15-11-20-16(21-12-15)14-7-3-1-4-8-14;;/h1,3-4,7-8,11-12H,2,5-6,9-10,13,19H2,(H,22,23);2*1H. The lowest BCUT2D eigenvalue weighted by Gasteiger charge is -2.33. The summed E-state index contributed by atoms with van der Waals surface area (Å²) in [5, 5.41) is 2.92. The molecule has 2 aromatic rings. The van der Waals surface area contributed by atoms with E-state index in [4.69, 9.17) is 5.73 Å². The molecule has 0 atom stereocenters. The Morgan fingerprint density at radius 3 is 2.24 bits per heavy atom. The largest absolute Gasteiger partial charge is 0.350 e. The molecule has 0 saturated heterocycles. The Morgan fingerprint density at radius 1 is 1.04 bits per heavy atom. The molecular weight excluding hydrogens is 359 g/mol. The zero-order chi connectivity index (χ0) is 16.1. The normalized spacial score (nSPS) is 15.4. The molecule has 0 spiro atoms. The van der Waals surface area contributed by atoms with Gasteiger partial charge in [-0.05, 0) is 12.8 Å². The van der Waals surface area contributed by atoms with E-state index in [1.165, 1.54) is 6.42 Å². The van der Waals surface area contributed by atoms with Crippen LogP contribution in [0.4, 0.5) is 0 Å². The summed E-state index contributed by atoms with van der Waals surface area (Å²) in [7, 11) is 0. The number of amides is 1. The van der Waals surface area contributed by atoms with E-state index in [9.17, 15) is 4.79 Å². The average molecular weight is 383 g/mol. The van der Waals surface area contributed by atoms with Crippen molar-refractivity contribution < 1.29 is 4.79 Å². The van der Waals surface area contributed by atoms with Crippen LogP contribution in [0, 0.1) is 0 Å². The van der Waals surface area contributed by atoms with E-state index in [-0.39, 0.29) is 36.3 Å². The van der Waals surface area contributed by atoms with Crippen LogP contribution in [0.25, 0.3) is 11.4 Å². The minimum atomic E-state index is -0.265. The van der Waals surface area contributed by atoms with Crippen LogP contribution in [0.5, 0.6) is 0 Å². The number of aromatic nitrogens is 2. The molecule has 1 aliphatic carbocycles. The summed E-state index contributed by atoms with van der Waals surface area (Å²) in [5.41, 5.74) is 7.47. The van der Waals surface area contributed by atoms with Crippen LogP contribution in [0.15, 0.2) is 42.7 Å². The predicted molar refractivity (Wildman–Crippen MR) is 104 cm³/mol. The van der Waals surface area contributed by atoms with E-state index < -0.39 is 0 Å². The Kier molecular flexibility index (Phi) is 8.29. The summed E-state index contributed by atoms with van der Waals surface area (Å²) in [6, 6.07) is 9.69. The van der Waals surface area contributed by atoms with Crippen LogP contribution in [-0.2, 0) is 0 Å². The first-order chi connectivity index (χ1) is 11.2. The highest BCUT2D eigenvalue weighted by Crippen LogP contribution is 2.25. The maximum absolute atomic E-state index is 12.2. The summed E-state index contributed by atoms with van der Waals surface area (Å²) < 4.78 is 0. The summed E-state index contributed by atoms with van der Waals surface area (Å²) in [6.45, 7) is 0.506. The third kappa shape index (κ3) is 5.66. The number of benzene rings is 1. The van der Waals surface area contributed by atoms with Gasteiger partial charge in [-0.15, -0.1) is 24.8 Å². The third-order valence-electron chi connectivity index (χ3n) is 4.40. The monoisotopic (exact) mass is 382 g/mol. The fourth-order valence-corrected chi connectivity index (χ4v) is 2.97. The fraction of sp³-hybridized carbons (Fsp3) is 0.389. The van der Waals surface area contributed by atoms with E-state index in [2.05, 4.69) is 15.3 Å². The molecular formula is C18H24Cl2N4O. The van der Waals surface area contributed by atoms with Crippen LogP contribution in [0.2, 0.25) is 0 Å². The molecule has 3 rings (SSSR count). The molecule has 5 nitrogen and oxygen atoms in total. The Labute approximate surface area is 160 Å². The number of nitrogens with one attached hydrogen (secondary N) is 1. The van der Waals surface area contributed by atoms with Gasteiger partial charge in [0, 0.05) is 30.0 Å². The highest BCUT2D eigenvalue weighted by Gasteiger charge is 2.27. The molecule has 1 heterocycles. The molecule has 1 aliphatic rings. The van der Waals surface area contributed by atoms with Crippen LogP contribution in [-0.4, -0.2) is 28.0 Å². The van der Waals surface area contributed by atoms with Gasteiger partial charge < -0.3 is 11.1 Å². The molecule has 1 fully saturated rings. The summed E-state index contributed by atoms with van der Waals surface area (Å²) in [6.07, 6.45) is 8.58. The lowest BCUT2D eigenvalue weighted by atomic mass is 9.82. The number of rotatable bonds is 4. The van der Waals surface area contributed by atoms with Crippen molar-refractivity contribution in [2.45, 2.75) is 37.6 Å². The SMILES string of the molecule is Cl.Cl.NC1(CNC(=O)c2cnc(-c3ccccc3)nc2)CCCCC1. The van der Waals surface area contributed by atoms with E-state index >= 15 is 0 Å². The molecule has 0 unspecified atom stereocenters. The lowest BCUT2D eigenvalue weighted by molar-refractivity contribution is 0.0937. The van der Waals surface area contributed by atoms with E-state index in [0.29, 0.717) is 17.9 Å². The van der Waals surface area contributed by atoms with Gasteiger partial charge in [0.1, 0.15) is 0 Å². The van der Waals surface area contributed by atoms with Crippen LogP contribution in [0.1, 0.15) is 42.5 Å². The topological polar surface area (TPSA) is 80.9 Å². The van der Waals surface area contributed by atoms with Crippen molar-refractivity contribution >= 4 is 30.7 Å². The third-order valence-corrected chi connectivity index (χ3v) is 4.40. The molecule has 1 aromatic carbocycles. The number of nitrogens with zero attached hydrogens (tertiary/aromatic N) is 2. The molecule has 1 aromatic heterocycles. The Balaban J connectivity index is 0.00000156. The summed E-state index contributed by atoms with van der Waals surface area (Å²) >= 11 is 0. The second-order valence-electron chi connectivity index (χ2n) is 6.27. The molecule has 0 aliphatic heterocycles. The van der Waals surface area contributed by atoms with Gasteiger partial charge >= 0.3 is 0 Å². The predicted octanol–water partition coefficient (Wildman–Crippen LogP) is 3.38. The first-order valence-electron chi connectivity index (χ1n) is 8.11. The van der Waals surface area contributed by atoms with Crippen molar-refractivity contribution in [1.82, 2.24) is 15.3 Å². The minimum Gasteiger partial charge on any atom is -0.350 e. The second kappa shape index (κ2) is 9.70. The number of carbonyl (C=O) groups is 1. The first-order valence-corrected chi connectivity index (χ1v) is 8.11. The molecule has 0 bridgehead atoms. The molecule has 3 N–H and O–H groups in total. The highest BCUT2D eigenvalue weighted by atomic mass is 35.5. The zero-order valence-corrected chi connectivity index (χ0v) is 15.6. The fourth-order valence-electron chi connectivity index (χ4n) is 2.97. The van der Waals surface area contributed by atoms with Gasteiger partial charge in [0.25, 0.3) is 5.91 Å². The zero-order valence-electron chi connectivity index (χ0n) is 14.0. The van der Waals surface area contributed by atoms with Crippen LogP contribution in [0.3, 0.4) is 0 Å². The Hall–Kier alpha value is -1.69. The minimum absolute atomic E-state index is 0. The number of halogens is 2. The Bertz CT molecular complexity index is 659. The molecule has 0 radical (unpaired) electrons. The number of hydrogen-bond donors (Lipinski definition) is 2. The van der Waals surface area contributed by atoms with Gasteiger partial charge in [0.15, 0.2) is 5.82 Å². The molecule has 25 heavy (non-hydrogen) atoms. The van der Waals surface area contributed by atoms with Crippen molar-refractivity contribution in [3.8, 4) is 11.4 Å². The highest BCUT2D eigenvalue weighted by molar-refractivity contribution is 5.93. The van der Waals surface area contributed by atoms with Gasteiger partial charge in [0.2, 0.25) is 0 Å². The molecule has 1 amide bonds. The van der Waals surface area contributed by atoms with Crippen molar-refractivity contribution in [1.29, 1.82) is 0 Å². The van der Waals surface area contributed by atoms with Crippen molar-refractivity contribution in [3.63, 3.8) is 0 Å². The number of nitrogens with two attached hydrogens (primary N) is 1. The maximum atomic E-state index is 12.2. The molecule has 1 saturated carbocycles. The van der Waals surface area contributed by atoms with Gasteiger partial charge in [-0.1, -0.05) is 49.6 Å². The van der Waals surface area contributed by atoms with E-state index in [1.54, 1.807) is 12.4 Å². The Morgan fingerprint density at radius 2 is 1.64 bits per heavy atom. The summed E-state index contributed by atoms with van der Waals surface area (Å²) in [4.78, 5) is 20.8. The van der Waals surface area contributed by atoms with Crippen LogP contribution >= 0.6 is 24.8 Å². The molecule has 7 heteroatoms. The van der Waals surface area contributed by atoms with Gasteiger partial charge in [-0.3, -0.25) is 4.79 Å². The van der Waals surface area contributed by atoms with E-state index in [0.717, 1.165) is 31.2 Å². The van der Waals surface area contributed by atoms with E-state index in [1.807, 2.05) is 30.3 Å². The maximum Gasteiger partial charge on any atom is 0.254 e. The lowest BCUT2D eigenvalue weighted by Crippen LogP contribution is -2.51.